The van der Waals surface area contributed by atoms with Crippen molar-refractivity contribution < 1.29 is 4.92 Å². The summed E-state index contributed by atoms with van der Waals surface area (Å²) in [5.74, 6) is 1.00. The molecule has 7 N–H and O–H groups in total. The van der Waals surface area contributed by atoms with Gasteiger partial charge in [-0.3, -0.25) is 15.8 Å². The molecule has 0 spiro atoms. The minimum atomic E-state index is -1.33. The number of nitrogens with one attached hydrogen (secondary N) is 1. The smallest absolute Gasteiger partial charge is 0.303 e. The van der Waals surface area contributed by atoms with Crippen LogP contribution in [0.25, 0.3) is 0 Å². The summed E-state index contributed by atoms with van der Waals surface area (Å²) in [5.41, 5.74) is 16.0. The predicted octanol–water partition coefficient (Wildman–Crippen LogP) is -0.167. The summed E-state index contributed by atoms with van der Waals surface area (Å²) in [7, 11) is 0. The highest BCUT2D eigenvalue weighted by molar-refractivity contribution is 5.80. The molecule has 1 saturated carbocycles. The van der Waals surface area contributed by atoms with Crippen molar-refractivity contribution in [3.8, 4) is 0 Å². The Hall–Kier alpha value is -1.67. The van der Waals surface area contributed by atoms with Crippen LogP contribution in [-0.2, 0) is 0 Å². The highest BCUT2D eigenvalue weighted by atomic mass is 16.6. The quantitative estimate of drug-likeness (QED) is 0.416. The standard InChI is InChI=1S/C12H22N6O2/c13-6-9-3-1-8(2-4-9)5-12(15)10(18(19)20)7-16-11(14)17-12/h7-9H,1-6,13,15H2,(H3,14,16,17). The molecule has 0 saturated heterocycles. The second kappa shape index (κ2) is 5.76. The summed E-state index contributed by atoms with van der Waals surface area (Å²) in [5, 5.41) is 13.7. The molecular formula is C12H22N6O2. The number of rotatable bonds is 4. The Morgan fingerprint density at radius 2 is 2.00 bits per heavy atom. The van der Waals surface area contributed by atoms with Crippen molar-refractivity contribution in [1.82, 2.24) is 5.32 Å². The second-order valence-corrected chi connectivity index (χ2v) is 5.68. The predicted molar refractivity (Wildman–Crippen MR) is 75.9 cm³/mol. The van der Waals surface area contributed by atoms with E-state index in [1.807, 2.05) is 0 Å². The SMILES string of the molecule is NCC1CCC(CC2(N)N=C(N)NC=C2[N+](=O)[O-])CC1. The average molecular weight is 282 g/mol. The average Bonchev–Trinajstić information content (AvgIpc) is 2.38. The molecule has 8 heteroatoms. The monoisotopic (exact) mass is 282 g/mol. The fourth-order valence-electron chi connectivity index (χ4n) is 3.04. The van der Waals surface area contributed by atoms with E-state index in [2.05, 4.69) is 10.3 Å². The largest absolute Gasteiger partial charge is 0.370 e. The van der Waals surface area contributed by atoms with Crippen molar-refractivity contribution in [3.63, 3.8) is 0 Å². The summed E-state index contributed by atoms with van der Waals surface area (Å²) in [4.78, 5) is 14.7. The molecule has 0 amide bonds. The normalized spacial score (nSPS) is 33.9. The van der Waals surface area contributed by atoms with E-state index in [9.17, 15) is 10.1 Å². The molecule has 1 unspecified atom stereocenters. The van der Waals surface area contributed by atoms with Crippen molar-refractivity contribution in [2.75, 3.05) is 6.54 Å². The lowest BCUT2D eigenvalue weighted by Crippen LogP contribution is -2.51. The van der Waals surface area contributed by atoms with E-state index >= 15 is 0 Å². The Kier molecular flexibility index (Phi) is 4.24. The summed E-state index contributed by atoms with van der Waals surface area (Å²) in [6, 6.07) is 0. The molecule has 1 atom stereocenters. The number of nitrogens with zero attached hydrogens (tertiary/aromatic N) is 2. The van der Waals surface area contributed by atoms with Crippen molar-refractivity contribution in [2.45, 2.75) is 37.8 Å². The molecule has 1 aliphatic carbocycles. The molecule has 1 heterocycles. The van der Waals surface area contributed by atoms with Gasteiger partial charge in [-0.05, 0) is 50.5 Å². The zero-order valence-corrected chi connectivity index (χ0v) is 11.4. The van der Waals surface area contributed by atoms with E-state index in [0.29, 0.717) is 24.8 Å². The van der Waals surface area contributed by atoms with Crippen LogP contribution in [0.15, 0.2) is 16.9 Å². The van der Waals surface area contributed by atoms with Gasteiger partial charge >= 0.3 is 5.70 Å². The lowest BCUT2D eigenvalue weighted by Gasteiger charge is -2.33. The lowest BCUT2D eigenvalue weighted by molar-refractivity contribution is -0.436. The summed E-state index contributed by atoms with van der Waals surface area (Å²) in [6.45, 7) is 0.704. The van der Waals surface area contributed by atoms with Gasteiger partial charge in [0.05, 0.1) is 11.1 Å². The van der Waals surface area contributed by atoms with Crippen molar-refractivity contribution in [3.05, 3.63) is 22.0 Å². The third kappa shape index (κ3) is 3.07. The number of nitro groups is 1. The lowest BCUT2D eigenvalue weighted by atomic mass is 9.77. The number of nitrogens with two attached hydrogens (primary N) is 3. The summed E-state index contributed by atoms with van der Waals surface area (Å²) >= 11 is 0. The highest BCUT2D eigenvalue weighted by Gasteiger charge is 2.43. The van der Waals surface area contributed by atoms with Gasteiger partial charge in [0.25, 0.3) is 0 Å². The molecule has 0 bridgehead atoms. The summed E-state index contributed by atoms with van der Waals surface area (Å²) < 4.78 is 0. The molecule has 20 heavy (non-hydrogen) atoms. The maximum absolute atomic E-state index is 11.1. The molecular weight excluding hydrogens is 260 g/mol. The van der Waals surface area contributed by atoms with E-state index in [1.165, 1.54) is 6.20 Å². The van der Waals surface area contributed by atoms with Gasteiger partial charge in [-0.1, -0.05) is 0 Å². The first-order valence-electron chi connectivity index (χ1n) is 6.90. The molecule has 1 aliphatic heterocycles. The molecule has 2 rings (SSSR count). The van der Waals surface area contributed by atoms with Crippen molar-refractivity contribution >= 4 is 5.96 Å². The van der Waals surface area contributed by atoms with Crippen molar-refractivity contribution in [2.24, 2.45) is 34.0 Å². The Bertz CT molecular complexity index is 441. The zero-order chi connectivity index (χ0) is 14.8. The first-order chi connectivity index (χ1) is 9.44. The van der Waals surface area contributed by atoms with Crippen LogP contribution in [-0.4, -0.2) is 23.1 Å². The van der Waals surface area contributed by atoms with Gasteiger partial charge in [0.1, 0.15) is 0 Å². The van der Waals surface area contributed by atoms with Gasteiger partial charge in [0.15, 0.2) is 5.96 Å². The van der Waals surface area contributed by atoms with Gasteiger partial charge in [-0.15, -0.1) is 0 Å². The maximum atomic E-state index is 11.1. The number of guanidine groups is 1. The van der Waals surface area contributed by atoms with Gasteiger partial charge < -0.3 is 16.8 Å². The molecule has 8 nitrogen and oxygen atoms in total. The third-order valence-electron chi connectivity index (χ3n) is 4.22. The van der Waals surface area contributed by atoms with Gasteiger partial charge in [-0.25, -0.2) is 4.99 Å². The minimum Gasteiger partial charge on any atom is -0.370 e. The van der Waals surface area contributed by atoms with Crippen LogP contribution in [0.5, 0.6) is 0 Å². The molecule has 0 aromatic carbocycles. The van der Waals surface area contributed by atoms with Crippen LogP contribution in [0, 0.1) is 22.0 Å². The first-order valence-corrected chi connectivity index (χ1v) is 6.90. The van der Waals surface area contributed by atoms with E-state index in [-0.39, 0.29) is 11.7 Å². The molecule has 0 aromatic rings. The topological polar surface area (TPSA) is 146 Å². The fourth-order valence-corrected chi connectivity index (χ4v) is 3.04. The van der Waals surface area contributed by atoms with Gasteiger partial charge in [0.2, 0.25) is 5.66 Å². The number of hydrogen-bond acceptors (Lipinski definition) is 7. The minimum absolute atomic E-state index is 0.119. The highest BCUT2D eigenvalue weighted by Crippen LogP contribution is 2.36. The number of aliphatic imine (C=N–C) groups is 1. The Morgan fingerprint density at radius 1 is 1.40 bits per heavy atom. The van der Waals surface area contributed by atoms with Crippen molar-refractivity contribution in [1.29, 1.82) is 0 Å². The van der Waals surface area contributed by atoms with E-state index in [4.69, 9.17) is 17.2 Å². The first kappa shape index (κ1) is 14.7. The number of hydrogen-bond donors (Lipinski definition) is 4. The van der Waals surface area contributed by atoms with Gasteiger partial charge in [0, 0.05) is 0 Å². The zero-order valence-electron chi connectivity index (χ0n) is 11.4. The van der Waals surface area contributed by atoms with Crippen LogP contribution >= 0.6 is 0 Å². The molecule has 0 radical (unpaired) electrons. The molecule has 0 aromatic heterocycles. The van der Waals surface area contributed by atoms with E-state index in [0.717, 1.165) is 25.7 Å². The maximum Gasteiger partial charge on any atom is 0.303 e. The van der Waals surface area contributed by atoms with E-state index in [1.54, 1.807) is 0 Å². The summed E-state index contributed by atoms with van der Waals surface area (Å²) in [6.07, 6.45) is 5.75. The van der Waals surface area contributed by atoms with E-state index < -0.39 is 10.6 Å². The van der Waals surface area contributed by atoms with Crippen LogP contribution < -0.4 is 22.5 Å². The van der Waals surface area contributed by atoms with Crippen LogP contribution in [0.1, 0.15) is 32.1 Å². The fraction of sp³-hybridized carbons (Fsp3) is 0.750. The van der Waals surface area contributed by atoms with Crippen LogP contribution in [0.2, 0.25) is 0 Å². The Morgan fingerprint density at radius 3 is 2.55 bits per heavy atom. The van der Waals surface area contributed by atoms with Gasteiger partial charge in [-0.2, -0.15) is 0 Å². The molecule has 1 fully saturated rings. The Labute approximate surface area is 117 Å². The third-order valence-corrected chi connectivity index (χ3v) is 4.22. The second-order valence-electron chi connectivity index (χ2n) is 5.68. The Balaban J connectivity index is 2.07. The molecule has 112 valence electrons. The van der Waals surface area contributed by atoms with Crippen LogP contribution in [0.4, 0.5) is 0 Å². The molecule has 2 aliphatic rings. The van der Waals surface area contributed by atoms with Crippen LogP contribution in [0.3, 0.4) is 0 Å².